The highest BCUT2D eigenvalue weighted by Gasteiger charge is 2.15. The lowest BCUT2D eigenvalue weighted by atomic mass is 10.4. The fourth-order valence-electron chi connectivity index (χ4n) is 1.45. The van der Waals surface area contributed by atoms with Gasteiger partial charge in [-0.25, -0.2) is 4.98 Å². The lowest BCUT2D eigenvalue weighted by Gasteiger charge is -2.14. The Labute approximate surface area is 76.2 Å². The lowest BCUT2D eigenvalue weighted by Crippen LogP contribution is -2.20. The van der Waals surface area contributed by atoms with Crippen LogP contribution in [0.4, 0.5) is 11.8 Å². The molecule has 5 heteroatoms. The first-order chi connectivity index (χ1) is 6.27. The molecule has 1 aromatic heterocycles. The number of nitrogens with zero attached hydrogens (tertiary/aromatic N) is 3. The minimum Gasteiger partial charge on any atom is -0.503 e. The summed E-state index contributed by atoms with van der Waals surface area (Å²) in [5.74, 6) is 0.715. The third kappa shape index (κ3) is 1.49. The van der Waals surface area contributed by atoms with Crippen molar-refractivity contribution in [1.29, 1.82) is 0 Å². The Morgan fingerprint density at radius 3 is 2.69 bits per heavy atom. The van der Waals surface area contributed by atoms with Gasteiger partial charge in [0.2, 0.25) is 5.95 Å². The maximum Gasteiger partial charge on any atom is 0.227 e. The van der Waals surface area contributed by atoms with Crippen LogP contribution in [0.2, 0.25) is 0 Å². The molecule has 70 valence electrons. The van der Waals surface area contributed by atoms with Crippen molar-refractivity contribution in [2.75, 3.05) is 23.7 Å². The molecule has 0 aliphatic carbocycles. The Morgan fingerprint density at radius 1 is 1.38 bits per heavy atom. The SMILES string of the molecule is Nc1nc(N2CCCC2)ncc1O. The van der Waals surface area contributed by atoms with Crippen molar-refractivity contribution in [3.05, 3.63) is 6.20 Å². The summed E-state index contributed by atoms with van der Waals surface area (Å²) >= 11 is 0. The Hall–Kier alpha value is -1.52. The molecule has 2 heterocycles. The van der Waals surface area contributed by atoms with E-state index in [0.29, 0.717) is 5.95 Å². The minimum atomic E-state index is -0.0528. The largest absolute Gasteiger partial charge is 0.503 e. The van der Waals surface area contributed by atoms with E-state index >= 15 is 0 Å². The molecule has 2 rings (SSSR count). The molecule has 1 fully saturated rings. The van der Waals surface area contributed by atoms with E-state index in [1.807, 2.05) is 0 Å². The highest BCUT2D eigenvalue weighted by molar-refractivity contribution is 5.48. The first-order valence-corrected chi connectivity index (χ1v) is 4.34. The highest BCUT2D eigenvalue weighted by atomic mass is 16.3. The zero-order valence-electron chi connectivity index (χ0n) is 7.27. The summed E-state index contributed by atoms with van der Waals surface area (Å²) in [6.07, 6.45) is 3.68. The normalized spacial score (nSPS) is 16.5. The number of aromatic nitrogens is 2. The third-order valence-electron chi connectivity index (χ3n) is 2.17. The van der Waals surface area contributed by atoms with Crippen molar-refractivity contribution in [2.24, 2.45) is 0 Å². The van der Waals surface area contributed by atoms with Crippen LogP contribution in [0.15, 0.2) is 6.20 Å². The van der Waals surface area contributed by atoms with E-state index in [-0.39, 0.29) is 11.6 Å². The molecule has 1 saturated heterocycles. The molecule has 0 aromatic carbocycles. The van der Waals surface area contributed by atoms with Crippen LogP contribution in [-0.4, -0.2) is 28.2 Å². The van der Waals surface area contributed by atoms with Gasteiger partial charge in [0.05, 0.1) is 6.20 Å². The predicted octanol–water partition coefficient (Wildman–Crippen LogP) is 0.365. The van der Waals surface area contributed by atoms with Gasteiger partial charge in [0.25, 0.3) is 0 Å². The Balaban J connectivity index is 2.25. The van der Waals surface area contributed by atoms with E-state index in [1.54, 1.807) is 0 Å². The number of nitrogens with two attached hydrogens (primary N) is 1. The second kappa shape index (κ2) is 3.08. The number of nitrogen functional groups attached to an aromatic ring is 1. The van der Waals surface area contributed by atoms with Crippen LogP contribution in [0, 0.1) is 0 Å². The second-order valence-electron chi connectivity index (χ2n) is 3.13. The number of hydrogen-bond acceptors (Lipinski definition) is 5. The standard InChI is InChI=1S/C8H12N4O/c9-7-6(13)5-10-8(11-7)12-3-1-2-4-12/h5,13H,1-4H2,(H2,9,10,11). The molecular formula is C8H12N4O. The van der Waals surface area contributed by atoms with Crippen LogP contribution in [0.5, 0.6) is 5.75 Å². The molecule has 13 heavy (non-hydrogen) atoms. The maximum atomic E-state index is 9.12. The number of hydrogen-bond donors (Lipinski definition) is 2. The molecule has 0 bridgehead atoms. The number of rotatable bonds is 1. The van der Waals surface area contributed by atoms with Crippen LogP contribution in [0.3, 0.4) is 0 Å². The molecule has 0 spiro atoms. The van der Waals surface area contributed by atoms with Crippen molar-refractivity contribution in [3.63, 3.8) is 0 Å². The van der Waals surface area contributed by atoms with E-state index in [9.17, 15) is 0 Å². The molecule has 1 aliphatic rings. The third-order valence-corrected chi connectivity index (χ3v) is 2.17. The van der Waals surface area contributed by atoms with Crippen LogP contribution < -0.4 is 10.6 Å². The van der Waals surface area contributed by atoms with Crippen LogP contribution in [-0.2, 0) is 0 Å². The smallest absolute Gasteiger partial charge is 0.227 e. The van der Waals surface area contributed by atoms with E-state index in [0.717, 1.165) is 13.1 Å². The fraction of sp³-hybridized carbons (Fsp3) is 0.500. The van der Waals surface area contributed by atoms with Crippen molar-refractivity contribution in [2.45, 2.75) is 12.8 Å². The van der Waals surface area contributed by atoms with Crippen molar-refractivity contribution < 1.29 is 5.11 Å². The van der Waals surface area contributed by atoms with Gasteiger partial charge in [-0.2, -0.15) is 4.98 Å². The van der Waals surface area contributed by atoms with Gasteiger partial charge in [0, 0.05) is 13.1 Å². The molecule has 5 nitrogen and oxygen atoms in total. The van der Waals surface area contributed by atoms with Gasteiger partial charge in [-0.05, 0) is 12.8 Å². The second-order valence-corrected chi connectivity index (χ2v) is 3.13. The van der Waals surface area contributed by atoms with Crippen LogP contribution in [0.1, 0.15) is 12.8 Å². The summed E-state index contributed by atoms with van der Waals surface area (Å²) in [6, 6.07) is 0. The average Bonchev–Trinajstić information content (AvgIpc) is 2.62. The summed E-state index contributed by atoms with van der Waals surface area (Å²) < 4.78 is 0. The van der Waals surface area contributed by atoms with Crippen molar-refractivity contribution in [1.82, 2.24) is 9.97 Å². The summed E-state index contributed by atoms with van der Waals surface area (Å²) in [5, 5.41) is 9.12. The van der Waals surface area contributed by atoms with Gasteiger partial charge in [-0.1, -0.05) is 0 Å². The van der Waals surface area contributed by atoms with Crippen LogP contribution in [0.25, 0.3) is 0 Å². The molecule has 1 aromatic rings. The van der Waals surface area contributed by atoms with Gasteiger partial charge < -0.3 is 15.7 Å². The first kappa shape index (κ1) is 8.10. The monoisotopic (exact) mass is 180 g/mol. The molecule has 0 saturated carbocycles. The summed E-state index contributed by atoms with van der Waals surface area (Å²) in [5.41, 5.74) is 5.46. The fourth-order valence-corrected chi connectivity index (χ4v) is 1.45. The van der Waals surface area contributed by atoms with Gasteiger partial charge in [-0.15, -0.1) is 0 Å². The average molecular weight is 180 g/mol. The molecule has 0 radical (unpaired) electrons. The van der Waals surface area contributed by atoms with Gasteiger partial charge in [0.15, 0.2) is 11.6 Å². The zero-order valence-corrected chi connectivity index (χ0v) is 7.27. The van der Waals surface area contributed by atoms with Gasteiger partial charge in [0.1, 0.15) is 0 Å². The summed E-state index contributed by atoms with van der Waals surface area (Å²) in [7, 11) is 0. The first-order valence-electron chi connectivity index (χ1n) is 4.34. The topological polar surface area (TPSA) is 75.3 Å². The Morgan fingerprint density at radius 2 is 2.08 bits per heavy atom. The summed E-state index contributed by atoms with van der Waals surface area (Å²) in [6.45, 7) is 1.95. The molecular weight excluding hydrogens is 168 g/mol. The van der Waals surface area contributed by atoms with E-state index in [2.05, 4.69) is 14.9 Å². The predicted molar refractivity (Wildman–Crippen MR) is 49.6 cm³/mol. The van der Waals surface area contributed by atoms with E-state index in [4.69, 9.17) is 10.8 Å². The van der Waals surface area contributed by atoms with Crippen LogP contribution >= 0.6 is 0 Å². The molecule has 3 N–H and O–H groups in total. The highest BCUT2D eigenvalue weighted by Crippen LogP contribution is 2.21. The van der Waals surface area contributed by atoms with Gasteiger partial charge >= 0.3 is 0 Å². The number of anilines is 2. The zero-order chi connectivity index (χ0) is 9.26. The lowest BCUT2D eigenvalue weighted by molar-refractivity contribution is 0.472. The quantitative estimate of drug-likeness (QED) is 0.652. The number of aromatic hydroxyl groups is 1. The van der Waals surface area contributed by atoms with E-state index in [1.165, 1.54) is 19.0 Å². The molecule has 1 aliphatic heterocycles. The maximum absolute atomic E-state index is 9.12. The van der Waals surface area contributed by atoms with Gasteiger partial charge in [-0.3, -0.25) is 0 Å². The van der Waals surface area contributed by atoms with Crippen molar-refractivity contribution in [3.8, 4) is 5.75 Å². The molecule has 0 amide bonds. The summed E-state index contributed by atoms with van der Waals surface area (Å²) in [4.78, 5) is 10.1. The van der Waals surface area contributed by atoms with E-state index < -0.39 is 0 Å². The van der Waals surface area contributed by atoms with Crippen molar-refractivity contribution >= 4 is 11.8 Å². The Kier molecular flexibility index (Phi) is 1.92. The molecule has 0 unspecified atom stereocenters. The Bertz CT molecular complexity index is 309. The minimum absolute atomic E-state index is 0.0528. The molecule has 0 atom stereocenters.